The van der Waals surface area contributed by atoms with Crippen LogP contribution in [0, 0.1) is 0 Å². The van der Waals surface area contributed by atoms with Gasteiger partial charge >= 0.3 is 0 Å². The van der Waals surface area contributed by atoms with Gasteiger partial charge in [-0.15, -0.1) is 0 Å². The monoisotopic (exact) mass is 449 g/mol. The number of ether oxygens (including phenoxy) is 2. The van der Waals surface area contributed by atoms with E-state index in [1.54, 1.807) is 0 Å². The Kier molecular flexibility index (Phi) is 8.63. The number of hydrogen-bond acceptors (Lipinski definition) is 4. The lowest BCUT2D eigenvalue weighted by atomic mass is 10.0. The normalized spacial score (nSPS) is 15.4. The van der Waals surface area contributed by atoms with E-state index >= 15 is 0 Å². The van der Waals surface area contributed by atoms with Gasteiger partial charge in [0.2, 0.25) is 0 Å². The third-order valence-corrected chi connectivity index (χ3v) is 7.03. The first-order chi connectivity index (χ1) is 15.8. The first kappa shape index (κ1) is 22.9. The molecule has 0 radical (unpaired) electrons. The van der Waals surface area contributed by atoms with E-state index in [2.05, 4.69) is 53.4 Å². The van der Waals surface area contributed by atoms with Gasteiger partial charge in [0.15, 0.2) is 0 Å². The second kappa shape index (κ2) is 12.1. The number of benzene rings is 3. The fourth-order valence-electron chi connectivity index (χ4n) is 3.79. The Bertz CT molecular complexity index is 925. The second-order valence-corrected chi connectivity index (χ2v) is 9.62. The maximum atomic E-state index is 12.5. The molecule has 3 aromatic rings. The topological polar surface area (TPSA) is 44.8 Å². The molecule has 1 atom stereocenters. The molecule has 0 aromatic heterocycles. The number of rotatable bonds is 10. The zero-order chi connectivity index (χ0) is 22.0. The van der Waals surface area contributed by atoms with E-state index in [4.69, 9.17) is 9.47 Å². The van der Waals surface area contributed by atoms with Gasteiger partial charge in [-0.1, -0.05) is 66.7 Å². The van der Waals surface area contributed by atoms with Crippen molar-refractivity contribution in [1.29, 1.82) is 0 Å². The molecule has 1 unspecified atom stereocenters. The van der Waals surface area contributed by atoms with E-state index in [9.17, 15) is 4.55 Å². The van der Waals surface area contributed by atoms with E-state index in [1.165, 1.54) is 5.56 Å². The lowest BCUT2D eigenvalue weighted by molar-refractivity contribution is 0.0322. The maximum absolute atomic E-state index is 12.5. The number of morpholine rings is 1. The number of aryl methyl sites for hydroxylation is 1. The SMILES string of the molecule is [O-][S+](CCc1ccccc1)Cc1ccc(-c2ccc(OCCN3CCOCC3)cc2)cc1. The molecule has 1 aliphatic rings. The Labute approximate surface area is 194 Å². The predicted octanol–water partition coefficient (Wildman–Crippen LogP) is 4.56. The van der Waals surface area contributed by atoms with Crippen molar-refractivity contribution < 1.29 is 14.0 Å². The van der Waals surface area contributed by atoms with Crippen LogP contribution in [0.4, 0.5) is 0 Å². The number of nitrogens with zero attached hydrogens (tertiary/aromatic N) is 1. The third-order valence-electron chi connectivity index (χ3n) is 5.71. The van der Waals surface area contributed by atoms with Gasteiger partial charge in [-0.3, -0.25) is 4.90 Å². The van der Waals surface area contributed by atoms with Crippen LogP contribution >= 0.6 is 0 Å². The van der Waals surface area contributed by atoms with Crippen LogP contribution in [0.25, 0.3) is 11.1 Å². The van der Waals surface area contributed by atoms with Crippen molar-refractivity contribution in [3.8, 4) is 16.9 Å². The lowest BCUT2D eigenvalue weighted by Gasteiger charge is -2.26. The molecule has 3 aromatic carbocycles. The zero-order valence-corrected chi connectivity index (χ0v) is 19.3. The zero-order valence-electron chi connectivity index (χ0n) is 18.4. The second-order valence-electron chi connectivity index (χ2n) is 8.05. The Morgan fingerprint density at radius 1 is 0.812 bits per heavy atom. The van der Waals surface area contributed by atoms with E-state index in [-0.39, 0.29) is 0 Å². The maximum Gasteiger partial charge on any atom is 0.130 e. The van der Waals surface area contributed by atoms with Crippen molar-refractivity contribution in [3.63, 3.8) is 0 Å². The summed E-state index contributed by atoms with van der Waals surface area (Å²) in [7, 11) is 0. The van der Waals surface area contributed by atoms with E-state index in [0.717, 1.165) is 61.7 Å². The molecule has 32 heavy (non-hydrogen) atoms. The summed E-state index contributed by atoms with van der Waals surface area (Å²) in [5, 5.41) is 0. The first-order valence-corrected chi connectivity index (χ1v) is 12.8. The van der Waals surface area contributed by atoms with Gasteiger partial charge in [-0.25, -0.2) is 0 Å². The molecule has 0 bridgehead atoms. The summed E-state index contributed by atoms with van der Waals surface area (Å²) in [4.78, 5) is 2.37. The standard InChI is InChI=1S/C27H31NO3S/c29-32(21-14-23-4-2-1-3-5-23)22-24-6-8-25(9-7-24)26-10-12-27(13-11-26)31-20-17-28-15-18-30-19-16-28/h1-13H,14-22H2. The Morgan fingerprint density at radius 2 is 1.47 bits per heavy atom. The van der Waals surface area contributed by atoms with Crippen molar-refractivity contribution in [3.05, 3.63) is 90.0 Å². The lowest BCUT2D eigenvalue weighted by Crippen LogP contribution is -2.38. The van der Waals surface area contributed by atoms with Crippen LogP contribution in [-0.2, 0) is 28.1 Å². The van der Waals surface area contributed by atoms with E-state index in [0.29, 0.717) is 18.1 Å². The Hall–Kier alpha value is -2.31. The van der Waals surface area contributed by atoms with Crippen molar-refractivity contribution >= 4 is 11.2 Å². The molecule has 4 nitrogen and oxygen atoms in total. The Morgan fingerprint density at radius 3 is 2.16 bits per heavy atom. The molecule has 0 aliphatic carbocycles. The minimum absolute atomic E-state index is 0.600. The van der Waals surface area contributed by atoms with Crippen molar-refractivity contribution in [2.45, 2.75) is 12.2 Å². The summed E-state index contributed by atoms with van der Waals surface area (Å²) in [6, 6.07) is 26.9. The summed E-state index contributed by atoms with van der Waals surface area (Å²) in [6.45, 7) is 5.22. The van der Waals surface area contributed by atoms with Gasteiger partial charge in [0.05, 0.1) is 13.2 Å². The molecule has 1 fully saturated rings. The van der Waals surface area contributed by atoms with Crippen molar-refractivity contribution in [2.75, 3.05) is 45.2 Å². The molecule has 0 amide bonds. The molecule has 1 saturated heterocycles. The molecule has 5 heteroatoms. The smallest absolute Gasteiger partial charge is 0.130 e. The summed E-state index contributed by atoms with van der Waals surface area (Å²) in [6.07, 6.45) is 0.854. The van der Waals surface area contributed by atoms with Crippen LogP contribution in [0.1, 0.15) is 11.1 Å². The predicted molar refractivity (Wildman–Crippen MR) is 131 cm³/mol. The largest absolute Gasteiger partial charge is 0.616 e. The van der Waals surface area contributed by atoms with E-state index < -0.39 is 11.2 Å². The van der Waals surface area contributed by atoms with Crippen LogP contribution in [0.15, 0.2) is 78.9 Å². The first-order valence-electron chi connectivity index (χ1n) is 11.3. The summed E-state index contributed by atoms with van der Waals surface area (Å²) in [5.74, 6) is 2.19. The van der Waals surface area contributed by atoms with Gasteiger partial charge in [0.25, 0.3) is 0 Å². The molecular weight excluding hydrogens is 418 g/mol. The van der Waals surface area contributed by atoms with Crippen molar-refractivity contribution in [2.24, 2.45) is 0 Å². The van der Waals surface area contributed by atoms with Crippen LogP contribution in [0.2, 0.25) is 0 Å². The minimum Gasteiger partial charge on any atom is -0.616 e. The molecule has 1 aliphatic heterocycles. The van der Waals surface area contributed by atoms with Crippen LogP contribution in [0.3, 0.4) is 0 Å². The summed E-state index contributed by atoms with van der Waals surface area (Å²) < 4.78 is 23.7. The fraction of sp³-hybridized carbons (Fsp3) is 0.333. The molecule has 0 spiro atoms. The average molecular weight is 450 g/mol. The Balaban J connectivity index is 1.23. The number of hydrogen-bond donors (Lipinski definition) is 0. The highest BCUT2D eigenvalue weighted by Gasteiger charge is 2.10. The summed E-state index contributed by atoms with van der Waals surface area (Å²) >= 11 is -0.858. The highest BCUT2D eigenvalue weighted by Crippen LogP contribution is 2.23. The van der Waals surface area contributed by atoms with Crippen LogP contribution in [-0.4, -0.2) is 54.7 Å². The highest BCUT2D eigenvalue weighted by atomic mass is 32.2. The van der Waals surface area contributed by atoms with Gasteiger partial charge in [-0.2, -0.15) is 0 Å². The van der Waals surface area contributed by atoms with Crippen LogP contribution < -0.4 is 4.74 Å². The molecule has 4 rings (SSSR count). The molecular formula is C27H31NO3S. The quantitative estimate of drug-likeness (QED) is 0.426. The molecule has 0 N–H and O–H groups in total. The summed E-state index contributed by atoms with van der Waals surface area (Å²) in [5.41, 5.74) is 4.67. The van der Waals surface area contributed by atoms with Crippen LogP contribution in [0.5, 0.6) is 5.75 Å². The molecule has 168 valence electrons. The van der Waals surface area contributed by atoms with Crippen molar-refractivity contribution in [1.82, 2.24) is 4.90 Å². The average Bonchev–Trinajstić information content (AvgIpc) is 2.85. The third kappa shape index (κ3) is 7.10. The minimum atomic E-state index is -0.858. The van der Waals surface area contributed by atoms with Gasteiger partial charge in [0, 0.05) is 31.6 Å². The molecule has 0 saturated carbocycles. The van der Waals surface area contributed by atoms with E-state index in [1.807, 2.05) is 30.3 Å². The molecule has 1 heterocycles. The highest BCUT2D eigenvalue weighted by molar-refractivity contribution is 7.90. The fourth-order valence-corrected chi connectivity index (χ4v) is 4.96. The van der Waals surface area contributed by atoms with Gasteiger partial charge in [-0.05, 0) is 40.0 Å². The van der Waals surface area contributed by atoms with Gasteiger partial charge in [0.1, 0.15) is 23.9 Å². The van der Waals surface area contributed by atoms with Gasteiger partial charge < -0.3 is 14.0 Å².